The molecule has 0 spiro atoms. The standard InChI is InChI=1S/C47H35N3/c1-4-15-32(16-5-1)35-30-42(33-17-6-2-7-18-33)48-46(31-35)50-44-26-13-11-22-39(44)41-29-34(27-28-45(41)50)37-23-14-24-40-38-21-10-12-25-43(38)49(47(37)40)36-19-8-3-9-20-36/h1-10,12-19,21,23-31,36H,11,20,22H2. The van der Waals surface area contributed by atoms with Gasteiger partial charge < -0.3 is 4.57 Å². The molecule has 1 atom stereocenters. The fourth-order valence-electron chi connectivity index (χ4n) is 8.22. The second-order valence-electron chi connectivity index (χ2n) is 13.4. The van der Waals surface area contributed by atoms with E-state index < -0.39 is 0 Å². The molecule has 0 aliphatic heterocycles. The molecule has 1 unspecified atom stereocenters. The Balaban J connectivity index is 1.21. The summed E-state index contributed by atoms with van der Waals surface area (Å²) < 4.78 is 4.96. The van der Waals surface area contributed by atoms with E-state index in [1.807, 2.05) is 0 Å². The number of fused-ring (bicyclic) bond motifs is 6. The number of pyridine rings is 1. The molecule has 0 bridgehead atoms. The van der Waals surface area contributed by atoms with Crippen LogP contribution in [0.15, 0.2) is 164 Å². The van der Waals surface area contributed by atoms with Crippen LogP contribution < -0.4 is 0 Å². The fraction of sp³-hybridized carbons (Fsp3) is 0.0851. The number of hydrogen-bond acceptors (Lipinski definition) is 1. The zero-order chi connectivity index (χ0) is 33.0. The Labute approximate surface area is 291 Å². The lowest BCUT2D eigenvalue weighted by molar-refractivity contribution is 0.648. The molecular weight excluding hydrogens is 607 g/mol. The first-order valence-electron chi connectivity index (χ1n) is 17.6. The molecule has 3 heteroatoms. The number of aromatic nitrogens is 3. The predicted octanol–water partition coefficient (Wildman–Crippen LogP) is 12.2. The van der Waals surface area contributed by atoms with E-state index in [-0.39, 0.29) is 6.04 Å². The Morgan fingerprint density at radius 3 is 2.22 bits per heavy atom. The smallest absolute Gasteiger partial charge is 0.138 e. The molecule has 8 aromatic rings. The summed E-state index contributed by atoms with van der Waals surface area (Å²) in [7, 11) is 0. The molecule has 0 saturated carbocycles. The monoisotopic (exact) mass is 641 g/mol. The van der Waals surface area contributed by atoms with Gasteiger partial charge in [-0.3, -0.25) is 4.57 Å². The number of para-hydroxylation sites is 2. The van der Waals surface area contributed by atoms with Crippen molar-refractivity contribution in [3.05, 3.63) is 175 Å². The highest BCUT2D eigenvalue weighted by atomic mass is 15.1. The SMILES string of the molecule is C1=CCC(n2c3ccccc3c3cccc(-c4ccc5c(c4)c4c(n5-c5cc(-c6ccccc6)cc(-c6ccccc6)n5)C=CCC4)c32)C=C1. The van der Waals surface area contributed by atoms with Crippen molar-refractivity contribution >= 4 is 38.8 Å². The zero-order valence-corrected chi connectivity index (χ0v) is 27.7. The summed E-state index contributed by atoms with van der Waals surface area (Å²) in [5.74, 6) is 0.940. The van der Waals surface area contributed by atoms with Gasteiger partial charge in [0, 0.05) is 32.8 Å². The first kappa shape index (κ1) is 28.8. The summed E-state index contributed by atoms with van der Waals surface area (Å²) >= 11 is 0. The van der Waals surface area contributed by atoms with E-state index in [4.69, 9.17) is 4.98 Å². The highest BCUT2D eigenvalue weighted by Crippen LogP contribution is 2.42. The van der Waals surface area contributed by atoms with Crippen molar-refractivity contribution in [2.24, 2.45) is 0 Å². The first-order chi connectivity index (χ1) is 24.8. The molecule has 0 N–H and O–H groups in total. The average Bonchev–Trinajstić information content (AvgIpc) is 3.71. The van der Waals surface area contributed by atoms with E-state index in [0.29, 0.717) is 0 Å². The van der Waals surface area contributed by atoms with Crippen LogP contribution in [0.3, 0.4) is 0 Å². The van der Waals surface area contributed by atoms with Gasteiger partial charge in [-0.1, -0.05) is 134 Å². The van der Waals surface area contributed by atoms with Crippen LogP contribution in [0.5, 0.6) is 0 Å². The summed E-state index contributed by atoms with van der Waals surface area (Å²) in [4.78, 5) is 5.35. The van der Waals surface area contributed by atoms with E-state index in [1.54, 1.807) is 0 Å². The van der Waals surface area contributed by atoms with Gasteiger partial charge in [0.1, 0.15) is 5.82 Å². The van der Waals surface area contributed by atoms with Gasteiger partial charge in [-0.25, -0.2) is 4.98 Å². The zero-order valence-electron chi connectivity index (χ0n) is 27.7. The Morgan fingerprint density at radius 1 is 0.580 bits per heavy atom. The molecule has 0 saturated heterocycles. The van der Waals surface area contributed by atoms with E-state index in [1.165, 1.54) is 60.7 Å². The lowest BCUT2D eigenvalue weighted by atomic mass is 9.96. The number of benzene rings is 5. The van der Waals surface area contributed by atoms with Crippen LogP contribution in [0.1, 0.15) is 30.1 Å². The minimum Gasteiger partial charge on any atom is -0.333 e. The molecule has 238 valence electrons. The van der Waals surface area contributed by atoms with Gasteiger partial charge in [0.25, 0.3) is 0 Å². The molecule has 3 nitrogen and oxygen atoms in total. The number of aryl methyl sites for hydroxylation is 1. The van der Waals surface area contributed by atoms with Crippen molar-refractivity contribution in [1.82, 2.24) is 14.1 Å². The van der Waals surface area contributed by atoms with Crippen LogP contribution in [0.4, 0.5) is 0 Å². The second-order valence-corrected chi connectivity index (χ2v) is 13.4. The normalized spacial score (nSPS) is 15.3. The molecule has 0 amide bonds. The largest absolute Gasteiger partial charge is 0.333 e. The van der Waals surface area contributed by atoms with Gasteiger partial charge >= 0.3 is 0 Å². The van der Waals surface area contributed by atoms with Gasteiger partial charge in [0.2, 0.25) is 0 Å². The molecule has 5 aromatic carbocycles. The van der Waals surface area contributed by atoms with Crippen LogP contribution in [-0.2, 0) is 6.42 Å². The number of allylic oxidation sites excluding steroid dienone is 5. The molecule has 0 fully saturated rings. The van der Waals surface area contributed by atoms with E-state index in [0.717, 1.165) is 41.9 Å². The Bertz CT molecular complexity index is 2610. The van der Waals surface area contributed by atoms with E-state index >= 15 is 0 Å². The van der Waals surface area contributed by atoms with Crippen molar-refractivity contribution in [3.8, 4) is 39.3 Å². The first-order valence-corrected chi connectivity index (χ1v) is 17.6. The third kappa shape index (κ3) is 4.62. The van der Waals surface area contributed by atoms with Crippen molar-refractivity contribution in [1.29, 1.82) is 0 Å². The number of rotatable bonds is 5. The van der Waals surface area contributed by atoms with Crippen LogP contribution in [-0.4, -0.2) is 14.1 Å². The third-order valence-electron chi connectivity index (χ3n) is 10.5. The summed E-state index contributed by atoms with van der Waals surface area (Å²) in [6.45, 7) is 0. The second kappa shape index (κ2) is 11.7. The number of nitrogens with zero attached hydrogens (tertiary/aromatic N) is 3. The van der Waals surface area contributed by atoms with Crippen LogP contribution in [0, 0.1) is 0 Å². The maximum Gasteiger partial charge on any atom is 0.138 e. The van der Waals surface area contributed by atoms with E-state index in [9.17, 15) is 0 Å². The molecule has 3 aromatic heterocycles. The highest BCUT2D eigenvalue weighted by molar-refractivity contribution is 6.13. The van der Waals surface area contributed by atoms with Crippen LogP contribution in [0.25, 0.3) is 78.1 Å². The van der Waals surface area contributed by atoms with Gasteiger partial charge in [-0.15, -0.1) is 0 Å². The van der Waals surface area contributed by atoms with E-state index in [2.05, 4.69) is 179 Å². The third-order valence-corrected chi connectivity index (χ3v) is 10.5. The highest BCUT2D eigenvalue weighted by Gasteiger charge is 2.23. The summed E-state index contributed by atoms with van der Waals surface area (Å²) in [5.41, 5.74) is 13.3. The molecule has 10 rings (SSSR count). The summed E-state index contributed by atoms with van der Waals surface area (Å²) in [6, 6.07) is 48.7. The molecular formula is C47H35N3. The Hall–Kier alpha value is -6.19. The molecule has 2 aliphatic rings. The molecule has 0 radical (unpaired) electrons. The van der Waals surface area contributed by atoms with Crippen molar-refractivity contribution < 1.29 is 0 Å². The molecule has 3 heterocycles. The maximum absolute atomic E-state index is 5.35. The minimum absolute atomic E-state index is 0.271. The maximum atomic E-state index is 5.35. The molecule has 2 aliphatic carbocycles. The molecule has 50 heavy (non-hydrogen) atoms. The fourth-order valence-corrected chi connectivity index (χ4v) is 8.22. The van der Waals surface area contributed by atoms with Gasteiger partial charge in [0.05, 0.1) is 28.5 Å². The summed E-state index contributed by atoms with van der Waals surface area (Å²) in [5, 5.41) is 3.91. The van der Waals surface area contributed by atoms with Gasteiger partial charge in [-0.2, -0.15) is 0 Å². The lowest BCUT2D eigenvalue weighted by Gasteiger charge is -2.20. The van der Waals surface area contributed by atoms with Crippen molar-refractivity contribution in [2.75, 3.05) is 0 Å². The number of hydrogen-bond donors (Lipinski definition) is 0. The quantitative estimate of drug-likeness (QED) is 0.183. The van der Waals surface area contributed by atoms with Crippen LogP contribution >= 0.6 is 0 Å². The van der Waals surface area contributed by atoms with Crippen molar-refractivity contribution in [2.45, 2.75) is 25.3 Å². The van der Waals surface area contributed by atoms with Gasteiger partial charge in [-0.05, 0) is 77.9 Å². The van der Waals surface area contributed by atoms with Gasteiger partial charge in [0.15, 0.2) is 0 Å². The predicted molar refractivity (Wildman–Crippen MR) is 210 cm³/mol. The average molecular weight is 642 g/mol. The summed E-state index contributed by atoms with van der Waals surface area (Å²) in [6.07, 6.45) is 16.6. The topological polar surface area (TPSA) is 22.8 Å². The Morgan fingerprint density at radius 2 is 1.38 bits per heavy atom. The lowest BCUT2D eigenvalue weighted by Crippen LogP contribution is -2.07. The Kier molecular flexibility index (Phi) is 6.76. The van der Waals surface area contributed by atoms with Crippen LogP contribution in [0.2, 0.25) is 0 Å². The van der Waals surface area contributed by atoms with Crippen molar-refractivity contribution in [3.63, 3.8) is 0 Å². The minimum atomic E-state index is 0.271.